The number of anilines is 1. The number of hydrogen-bond donors (Lipinski definition) is 1. The monoisotopic (exact) mass is 418 g/mol. The minimum atomic E-state index is -0.426. The minimum Gasteiger partial charge on any atom is -0.380 e. The molecule has 2 rings (SSSR count). The van der Waals surface area contributed by atoms with Crippen LogP contribution >= 0.6 is 43.5 Å². The Hall–Kier alpha value is -1.11. The van der Waals surface area contributed by atoms with Crippen LogP contribution in [-0.2, 0) is 6.54 Å². The predicted molar refractivity (Wildman–Crippen MR) is 87.3 cm³/mol. The van der Waals surface area contributed by atoms with Gasteiger partial charge in [-0.15, -0.1) is 0 Å². The fourth-order valence-corrected chi connectivity index (χ4v) is 2.66. The highest BCUT2D eigenvalue weighted by atomic mass is 79.9. The van der Waals surface area contributed by atoms with Gasteiger partial charge in [-0.3, -0.25) is 10.1 Å². The highest BCUT2D eigenvalue weighted by Gasteiger charge is 2.09. The van der Waals surface area contributed by atoms with Crippen molar-refractivity contribution in [3.05, 3.63) is 66.0 Å². The smallest absolute Gasteiger partial charge is 0.270 e. The van der Waals surface area contributed by atoms with E-state index >= 15 is 0 Å². The first kappa shape index (κ1) is 15.3. The number of halogens is 3. The number of non-ortho nitro benzene ring substituents is 1. The lowest BCUT2D eigenvalue weighted by molar-refractivity contribution is -0.384. The zero-order chi connectivity index (χ0) is 14.7. The van der Waals surface area contributed by atoms with Gasteiger partial charge in [0, 0.05) is 33.3 Å². The molecular weight excluding hydrogens is 411 g/mol. The Labute approximate surface area is 137 Å². The molecule has 104 valence electrons. The third-order valence-electron chi connectivity index (χ3n) is 2.63. The number of nitro benzene ring substituents is 1. The molecule has 0 bridgehead atoms. The van der Waals surface area contributed by atoms with Gasteiger partial charge in [-0.1, -0.05) is 17.7 Å². The van der Waals surface area contributed by atoms with Gasteiger partial charge >= 0.3 is 0 Å². The molecule has 4 nitrogen and oxygen atoms in total. The van der Waals surface area contributed by atoms with Crippen molar-refractivity contribution in [1.82, 2.24) is 0 Å². The van der Waals surface area contributed by atoms with Crippen molar-refractivity contribution in [2.45, 2.75) is 6.54 Å². The van der Waals surface area contributed by atoms with Gasteiger partial charge in [-0.05, 0) is 55.6 Å². The highest BCUT2D eigenvalue weighted by molar-refractivity contribution is 9.11. The maximum absolute atomic E-state index is 10.7. The van der Waals surface area contributed by atoms with Crippen LogP contribution in [0.5, 0.6) is 0 Å². The van der Waals surface area contributed by atoms with Crippen LogP contribution in [0, 0.1) is 10.1 Å². The zero-order valence-electron chi connectivity index (χ0n) is 10.1. The third kappa shape index (κ3) is 3.71. The molecule has 0 aliphatic heterocycles. The lowest BCUT2D eigenvalue weighted by Crippen LogP contribution is -2.00. The van der Waals surface area contributed by atoms with Crippen LogP contribution in [0.15, 0.2) is 45.3 Å². The molecule has 0 heterocycles. The summed E-state index contributed by atoms with van der Waals surface area (Å²) in [5.74, 6) is 0. The summed E-state index contributed by atoms with van der Waals surface area (Å²) in [5.41, 5.74) is 1.89. The Morgan fingerprint density at radius 3 is 2.50 bits per heavy atom. The number of nitrogens with zero attached hydrogens (tertiary/aromatic N) is 1. The normalized spacial score (nSPS) is 10.3. The molecular formula is C13H9Br2ClN2O2. The maximum atomic E-state index is 10.7. The van der Waals surface area contributed by atoms with Crippen LogP contribution in [0.4, 0.5) is 11.4 Å². The molecule has 0 spiro atoms. The van der Waals surface area contributed by atoms with Crippen molar-refractivity contribution in [2.75, 3.05) is 5.32 Å². The van der Waals surface area contributed by atoms with Gasteiger partial charge in [0.25, 0.3) is 5.69 Å². The van der Waals surface area contributed by atoms with Crippen LogP contribution in [-0.4, -0.2) is 4.92 Å². The van der Waals surface area contributed by atoms with Crippen molar-refractivity contribution in [1.29, 1.82) is 0 Å². The Morgan fingerprint density at radius 2 is 1.90 bits per heavy atom. The van der Waals surface area contributed by atoms with Crippen LogP contribution < -0.4 is 5.32 Å². The van der Waals surface area contributed by atoms with Gasteiger partial charge in [-0.25, -0.2) is 0 Å². The lowest BCUT2D eigenvalue weighted by Gasteiger charge is -2.09. The minimum absolute atomic E-state index is 0.0525. The number of nitro groups is 1. The van der Waals surface area contributed by atoms with E-state index in [4.69, 9.17) is 11.6 Å². The number of hydrogen-bond acceptors (Lipinski definition) is 3. The molecule has 0 fully saturated rings. The molecule has 0 saturated carbocycles. The topological polar surface area (TPSA) is 55.2 Å². The average molecular weight is 420 g/mol. The Bertz CT molecular complexity index is 665. The maximum Gasteiger partial charge on any atom is 0.270 e. The number of nitrogens with one attached hydrogen (secondary N) is 1. The van der Waals surface area contributed by atoms with Crippen LogP contribution in [0.1, 0.15) is 5.56 Å². The summed E-state index contributed by atoms with van der Waals surface area (Å²) in [5, 5.41) is 14.5. The molecule has 0 amide bonds. The van der Waals surface area contributed by atoms with E-state index in [9.17, 15) is 10.1 Å². The molecule has 0 aliphatic rings. The second kappa shape index (κ2) is 6.56. The standard InChI is InChI=1S/C13H9Br2ClN2O2/c14-10-5-8(1-3-12(10)16)7-17-13-4-2-9(18(19)20)6-11(13)15/h1-6,17H,7H2. The second-order valence-electron chi connectivity index (χ2n) is 4.02. The Morgan fingerprint density at radius 1 is 1.15 bits per heavy atom. The van der Waals surface area contributed by atoms with Gasteiger partial charge in [0.2, 0.25) is 0 Å². The molecule has 0 unspecified atom stereocenters. The molecule has 0 radical (unpaired) electrons. The molecule has 7 heteroatoms. The lowest BCUT2D eigenvalue weighted by atomic mass is 10.2. The van der Waals surface area contributed by atoms with Crippen molar-refractivity contribution in [3.63, 3.8) is 0 Å². The van der Waals surface area contributed by atoms with E-state index in [1.54, 1.807) is 6.07 Å². The zero-order valence-corrected chi connectivity index (χ0v) is 14.0. The SMILES string of the molecule is O=[N+]([O-])c1ccc(NCc2ccc(Cl)c(Br)c2)c(Br)c1. The van der Waals surface area contributed by atoms with Crippen molar-refractivity contribution < 1.29 is 4.92 Å². The van der Waals surface area contributed by atoms with E-state index in [1.807, 2.05) is 18.2 Å². The van der Waals surface area contributed by atoms with E-state index in [0.29, 0.717) is 16.0 Å². The third-order valence-corrected chi connectivity index (χ3v) is 4.50. The molecule has 0 aliphatic carbocycles. The van der Waals surface area contributed by atoms with Gasteiger partial charge in [0.05, 0.1) is 9.95 Å². The quantitative estimate of drug-likeness (QED) is 0.533. The molecule has 20 heavy (non-hydrogen) atoms. The second-order valence-corrected chi connectivity index (χ2v) is 6.14. The summed E-state index contributed by atoms with van der Waals surface area (Å²) in [6.45, 7) is 0.589. The largest absolute Gasteiger partial charge is 0.380 e. The van der Waals surface area contributed by atoms with E-state index in [2.05, 4.69) is 37.2 Å². The molecule has 0 saturated heterocycles. The van der Waals surface area contributed by atoms with E-state index in [0.717, 1.165) is 15.7 Å². The van der Waals surface area contributed by atoms with E-state index in [1.165, 1.54) is 12.1 Å². The molecule has 2 aromatic rings. The Kier molecular flexibility index (Phi) is 5.01. The van der Waals surface area contributed by atoms with Crippen LogP contribution in [0.25, 0.3) is 0 Å². The molecule has 2 aromatic carbocycles. The fourth-order valence-electron chi connectivity index (χ4n) is 1.61. The van der Waals surface area contributed by atoms with Crippen LogP contribution in [0.3, 0.4) is 0 Å². The fraction of sp³-hybridized carbons (Fsp3) is 0.0769. The Balaban J connectivity index is 2.10. The number of rotatable bonds is 4. The van der Waals surface area contributed by atoms with Crippen molar-refractivity contribution >= 4 is 54.8 Å². The summed E-state index contributed by atoms with van der Waals surface area (Å²) < 4.78 is 1.49. The van der Waals surface area contributed by atoms with E-state index in [-0.39, 0.29) is 5.69 Å². The van der Waals surface area contributed by atoms with Crippen molar-refractivity contribution in [2.24, 2.45) is 0 Å². The highest BCUT2D eigenvalue weighted by Crippen LogP contribution is 2.28. The molecule has 0 atom stereocenters. The summed E-state index contributed by atoms with van der Waals surface area (Å²) in [6.07, 6.45) is 0. The van der Waals surface area contributed by atoms with Gasteiger partial charge in [-0.2, -0.15) is 0 Å². The van der Waals surface area contributed by atoms with E-state index < -0.39 is 4.92 Å². The van der Waals surface area contributed by atoms with Gasteiger partial charge < -0.3 is 5.32 Å². The van der Waals surface area contributed by atoms with Crippen molar-refractivity contribution in [3.8, 4) is 0 Å². The summed E-state index contributed by atoms with van der Waals surface area (Å²) in [6, 6.07) is 10.3. The predicted octanol–water partition coefficient (Wildman–Crippen LogP) is 5.39. The van der Waals surface area contributed by atoms with Gasteiger partial charge in [0.15, 0.2) is 0 Å². The molecule has 1 N–H and O–H groups in total. The first-order valence-corrected chi connectivity index (χ1v) is 7.55. The first-order chi connectivity index (χ1) is 9.47. The van der Waals surface area contributed by atoms with Gasteiger partial charge in [0.1, 0.15) is 0 Å². The first-order valence-electron chi connectivity index (χ1n) is 5.59. The molecule has 0 aromatic heterocycles. The van der Waals surface area contributed by atoms with Crippen LogP contribution in [0.2, 0.25) is 5.02 Å². The number of benzene rings is 2. The summed E-state index contributed by atoms with van der Waals surface area (Å²) >= 11 is 12.6. The average Bonchev–Trinajstić information content (AvgIpc) is 2.41. The summed E-state index contributed by atoms with van der Waals surface area (Å²) in [4.78, 5) is 10.2. The summed E-state index contributed by atoms with van der Waals surface area (Å²) in [7, 11) is 0.